The van der Waals surface area contributed by atoms with E-state index in [0.29, 0.717) is 18.9 Å². The van der Waals surface area contributed by atoms with Crippen LogP contribution < -0.4 is 9.62 Å². The second-order valence-corrected chi connectivity index (χ2v) is 10.2. The van der Waals surface area contributed by atoms with Gasteiger partial charge in [-0.15, -0.1) is 0 Å². The van der Waals surface area contributed by atoms with E-state index < -0.39 is 10.0 Å². The number of carbonyl (C=O) groups is 1. The Labute approximate surface area is 173 Å². The zero-order valence-electron chi connectivity index (χ0n) is 17.0. The van der Waals surface area contributed by atoms with E-state index in [2.05, 4.69) is 18.6 Å². The average Bonchev–Trinajstić information content (AvgIpc) is 3.46. The molecule has 1 aliphatic heterocycles. The number of anilines is 1. The van der Waals surface area contributed by atoms with E-state index in [0.717, 1.165) is 36.1 Å². The summed E-state index contributed by atoms with van der Waals surface area (Å²) in [7, 11) is -3.67. The van der Waals surface area contributed by atoms with Crippen molar-refractivity contribution in [1.82, 2.24) is 4.72 Å². The van der Waals surface area contributed by atoms with E-state index in [-0.39, 0.29) is 22.8 Å². The van der Waals surface area contributed by atoms with Crippen LogP contribution >= 0.6 is 0 Å². The van der Waals surface area contributed by atoms with Gasteiger partial charge in [-0.05, 0) is 60.9 Å². The Morgan fingerprint density at radius 2 is 1.86 bits per heavy atom. The van der Waals surface area contributed by atoms with Crippen LogP contribution in [0.2, 0.25) is 0 Å². The number of benzene rings is 2. The maximum absolute atomic E-state index is 13.1. The van der Waals surface area contributed by atoms with E-state index in [9.17, 15) is 13.2 Å². The second kappa shape index (κ2) is 7.92. The van der Waals surface area contributed by atoms with Crippen molar-refractivity contribution in [2.75, 3.05) is 11.4 Å². The van der Waals surface area contributed by atoms with E-state index in [4.69, 9.17) is 0 Å². The molecule has 0 radical (unpaired) electrons. The fourth-order valence-corrected chi connectivity index (χ4v) is 5.28. The molecule has 1 amide bonds. The molecule has 5 nitrogen and oxygen atoms in total. The third kappa shape index (κ3) is 4.38. The van der Waals surface area contributed by atoms with Gasteiger partial charge in [0.25, 0.3) is 0 Å². The van der Waals surface area contributed by atoms with Crippen LogP contribution in [0.4, 0.5) is 5.69 Å². The predicted octanol–water partition coefficient (Wildman–Crippen LogP) is 4.05. The van der Waals surface area contributed by atoms with Crippen LogP contribution in [0.1, 0.15) is 50.3 Å². The zero-order valence-corrected chi connectivity index (χ0v) is 17.8. The molecule has 1 heterocycles. The van der Waals surface area contributed by atoms with Crippen molar-refractivity contribution in [2.24, 2.45) is 11.8 Å². The lowest BCUT2D eigenvalue weighted by Crippen LogP contribution is -2.30. The number of hydrogen-bond acceptors (Lipinski definition) is 3. The third-order valence-corrected chi connectivity index (χ3v) is 7.13. The van der Waals surface area contributed by atoms with Gasteiger partial charge in [0.2, 0.25) is 15.9 Å². The number of nitrogens with zero attached hydrogens (tertiary/aromatic N) is 1. The molecule has 1 aliphatic carbocycles. The summed E-state index contributed by atoms with van der Waals surface area (Å²) < 4.78 is 29.2. The van der Waals surface area contributed by atoms with Crippen LogP contribution in [0.25, 0.3) is 0 Å². The van der Waals surface area contributed by atoms with Crippen molar-refractivity contribution in [1.29, 1.82) is 0 Å². The highest BCUT2D eigenvalue weighted by atomic mass is 32.2. The first-order chi connectivity index (χ1) is 13.8. The predicted molar refractivity (Wildman–Crippen MR) is 114 cm³/mol. The molecular weight excluding hydrogens is 384 g/mol. The molecule has 0 unspecified atom stereocenters. The molecule has 29 heavy (non-hydrogen) atoms. The SMILES string of the molecule is CC(C)C[C@H](NS(=O)(=O)c1ccc2c(c1)CCN2C(=O)C1CC1)c1ccccc1. The Morgan fingerprint density at radius 1 is 1.14 bits per heavy atom. The number of amides is 1. The van der Waals surface area contributed by atoms with Crippen molar-refractivity contribution in [2.45, 2.75) is 50.5 Å². The standard InChI is InChI=1S/C23H28N2O3S/c1-16(2)14-21(17-6-4-3-5-7-17)24-29(27,28)20-10-11-22-19(15-20)12-13-25(22)23(26)18-8-9-18/h3-7,10-11,15-16,18,21,24H,8-9,12-14H2,1-2H3/t21-/m0/s1. The summed E-state index contributed by atoms with van der Waals surface area (Å²) in [6, 6.07) is 14.6. The highest BCUT2D eigenvalue weighted by Crippen LogP contribution is 2.37. The monoisotopic (exact) mass is 412 g/mol. The molecule has 1 atom stereocenters. The molecule has 6 heteroatoms. The number of hydrogen-bond donors (Lipinski definition) is 1. The van der Waals surface area contributed by atoms with Crippen LogP contribution in [-0.4, -0.2) is 20.9 Å². The molecule has 0 aromatic heterocycles. The van der Waals surface area contributed by atoms with E-state index >= 15 is 0 Å². The molecule has 1 N–H and O–H groups in total. The van der Waals surface area contributed by atoms with E-state index in [1.807, 2.05) is 35.2 Å². The molecule has 2 aromatic carbocycles. The molecule has 154 valence electrons. The minimum Gasteiger partial charge on any atom is -0.312 e. The Morgan fingerprint density at radius 3 is 2.52 bits per heavy atom. The number of sulfonamides is 1. The summed E-state index contributed by atoms with van der Waals surface area (Å²) in [5.41, 5.74) is 2.76. The van der Waals surface area contributed by atoms with Crippen LogP contribution in [0.15, 0.2) is 53.4 Å². The van der Waals surface area contributed by atoms with Crippen LogP contribution in [0.5, 0.6) is 0 Å². The van der Waals surface area contributed by atoms with Gasteiger partial charge in [0.05, 0.1) is 4.90 Å². The van der Waals surface area contributed by atoms with Gasteiger partial charge in [-0.3, -0.25) is 4.79 Å². The Bertz CT molecular complexity index is 998. The average molecular weight is 413 g/mol. The van der Waals surface area contributed by atoms with Gasteiger partial charge in [-0.2, -0.15) is 0 Å². The lowest BCUT2D eigenvalue weighted by atomic mass is 9.98. The van der Waals surface area contributed by atoms with Crippen molar-refractivity contribution in [3.05, 3.63) is 59.7 Å². The first kappa shape index (κ1) is 20.1. The third-order valence-electron chi connectivity index (χ3n) is 5.66. The summed E-state index contributed by atoms with van der Waals surface area (Å²) >= 11 is 0. The molecule has 4 rings (SSSR count). The van der Waals surface area contributed by atoms with E-state index in [1.54, 1.807) is 18.2 Å². The minimum atomic E-state index is -3.67. The smallest absolute Gasteiger partial charge is 0.241 e. The topological polar surface area (TPSA) is 66.5 Å². The summed E-state index contributed by atoms with van der Waals surface area (Å²) in [5, 5.41) is 0. The van der Waals surface area contributed by atoms with Gasteiger partial charge >= 0.3 is 0 Å². The molecule has 0 spiro atoms. The number of rotatable bonds is 7. The number of fused-ring (bicyclic) bond motifs is 1. The van der Waals surface area contributed by atoms with Crippen molar-refractivity contribution < 1.29 is 13.2 Å². The summed E-state index contributed by atoms with van der Waals surface area (Å²) in [4.78, 5) is 14.5. The largest absolute Gasteiger partial charge is 0.312 e. The number of carbonyl (C=O) groups excluding carboxylic acids is 1. The van der Waals surface area contributed by atoms with Crippen LogP contribution in [-0.2, 0) is 21.2 Å². The van der Waals surface area contributed by atoms with Crippen molar-refractivity contribution in [3.63, 3.8) is 0 Å². The lowest BCUT2D eigenvalue weighted by molar-refractivity contribution is -0.119. The van der Waals surface area contributed by atoms with Gasteiger partial charge in [-0.25, -0.2) is 13.1 Å². The fourth-order valence-electron chi connectivity index (χ4n) is 3.99. The quantitative estimate of drug-likeness (QED) is 0.746. The van der Waals surface area contributed by atoms with Gasteiger partial charge in [0, 0.05) is 24.2 Å². The van der Waals surface area contributed by atoms with E-state index in [1.165, 1.54) is 0 Å². The van der Waals surface area contributed by atoms with Gasteiger partial charge in [-0.1, -0.05) is 44.2 Å². The van der Waals surface area contributed by atoms with Crippen molar-refractivity contribution in [3.8, 4) is 0 Å². The van der Waals surface area contributed by atoms with Gasteiger partial charge in [0.1, 0.15) is 0 Å². The molecule has 1 saturated carbocycles. The molecular formula is C23H28N2O3S. The number of nitrogens with one attached hydrogen (secondary N) is 1. The molecule has 2 aromatic rings. The van der Waals surface area contributed by atoms with Crippen LogP contribution in [0, 0.1) is 11.8 Å². The Balaban J connectivity index is 1.57. The molecule has 1 fully saturated rings. The van der Waals surface area contributed by atoms with Crippen LogP contribution in [0.3, 0.4) is 0 Å². The normalized spacial score (nSPS) is 17.4. The van der Waals surface area contributed by atoms with Gasteiger partial charge in [0.15, 0.2) is 0 Å². The van der Waals surface area contributed by atoms with Gasteiger partial charge < -0.3 is 4.90 Å². The Kier molecular flexibility index (Phi) is 5.49. The zero-order chi connectivity index (χ0) is 20.6. The minimum absolute atomic E-state index is 0.161. The summed E-state index contributed by atoms with van der Waals surface area (Å²) in [6.45, 7) is 4.82. The highest BCUT2D eigenvalue weighted by molar-refractivity contribution is 7.89. The lowest BCUT2D eigenvalue weighted by Gasteiger charge is -2.22. The maximum atomic E-state index is 13.1. The molecule has 2 aliphatic rings. The first-order valence-corrected chi connectivity index (χ1v) is 11.8. The Hall–Kier alpha value is -2.18. The summed E-state index contributed by atoms with van der Waals surface area (Å²) in [5.74, 6) is 0.692. The molecule has 0 saturated heterocycles. The fraction of sp³-hybridized carbons (Fsp3) is 0.435. The second-order valence-electron chi connectivity index (χ2n) is 8.52. The molecule has 0 bridgehead atoms. The maximum Gasteiger partial charge on any atom is 0.241 e. The summed E-state index contributed by atoms with van der Waals surface area (Å²) in [6.07, 6.45) is 3.36. The highest BCUT2D eigenvalue weighted by Gasteiger charge is 2.36. The van der Waals surface area contributed by atoms with Crippen molar-refractivity contribution >= 4 is 21.6 Å². The first-order valence-electron chi connectivity index (χ1n) is 10.4.